The number of esters is 1. The molecule has 8 nitrogen and oxygen atoms in total. The highest BCUT2D eigenvalue weighted by Gasteiger charge is 2.34. The van der Waals surface area contributed by atoms with Crippen molar-refractivity contribution in [1.82, 2.24) is 4.90 Å². The fraction of sp³-hybridized carbons (Fsp3) is 0.500. The zero-order valence-corrected chi connectivity index (χ0v) is 19.1. The number of nitro benzene ring substituents is 1. The van der Waals surface area contributed by atoms with Gasteiger partial charge in [0, 0.05) is 17.8 Å². The molecule has 0 aromatic heterocycles. The van der Waals surface area contributed by atoms with E-state index in [1.807, 2.05) is 0 Å². The van der Waals surface area contributed by atoms with Crippen molar-refractivity contribution < 1.29 is 24.4 Å². The number of carbonyl (C=O) groups excluding carboxylic acids is 1. The van der Waals surface area contributed by atoms with Crippen LogP contribution in [-0.2, 0) is 9.53 Å². The molecule has 0 saturated carbocycles. The molecule has 0 unspecified atom stereocenters. The lowest BCUT2D eigenvalue weighted by Gasteiger charge is -2.33. The summed E-state index contributed by atoms with van der Waals surface area (Å²) < 4.78 is 4.98. The van der Waals surface area contributed by atoms with Crippen molar-refractivity contribution in [3.8, 4) is 0 Å². The van der Waals surface area contributed by atoms with Gasteiger partial charge in [-0.1, -0.05) is 51.7 Å². The van der Waals surface area contributed by atoms with Crippen LogP contribution in [0.5, 0.6) is 0 Å². The number of amides is 1. The Labute approximate surface area is 188 Å². The minimum absolute atomic E-state index is 0.0830. The zero-order valence-electron chi connectivity index (χ0n) is 19.1. The first-order valence-electron chi connectivity index (χ1n) is 11.1. The van der Waals surface area contributed by atoms with Crippen LogP contribution in [0.1, 0.15) is 70.8 Å². The quantitative estimate of drug-likeness (QED) is 0.196. The van der Waals surface area contributed by atoms with Crippen LogP contribution in [0.15, 0.2) is 41.1 Å². The van der Waals surface area contributed by atoms with Gasteiger partial charge >= 0.3 is 12.1 Å². The van der Waals surface area contributed by atoms with Crippen LogP contribution in [0.25, 0.3) is 5.57 Å². The maximum Gasteiger partial charge on any atom is 0.411 e. The Hall–Kier alpha value is -3.16. The molecule has 0 bridgehead atoms. The Morgan fingerprint density at radius 1 is 1.12 bits per heavy atom. The van der Waals surface area contributed by atoms with E-state index in [0.29, 0.717) is 29.7 Å². The largest absolute Gasteiger partial charge is 0.466 e. The number of hydrogen-bond acceptors (Lipinski definition) is 5. The Morgan fingerprint density at radius 2 is 1.78 bits per heavy atom. The topological polar surface area (TPSA) is 110 Å². The van der Waals surface area contributed by atoms with Crippen LogP contribution < -0.4 is 0 Å². The first-order valence-corrected chi connectivity index (χ1v) is 11.1. The molecule has 174 valence electrons. The van der Waals surface area contributed by atoms with E-state index >= 15 is 0 Å². The van der Waals surface area contributed by atoms with Gasteiger partial charge in [0.1, 0.15) is 0 Å². The Bertz CT molecular complexity index is 919. The molecule has 32 heavy (non-hydrogen) atoms. The van der Waals surface area contributed by atoms with E-state index < -0.39 is 17.0 Å². The normalized spacial score (nSPS) is 14.0. The van der Waals surface area contributed by atoms with Gasteiger partial charge in [-0.3, -0.25) is 15.0 Å². The third kappa shape index (κ3) is 5.96. The molecule has 1 aliphatic rings. The highest BCUT2D eigenvalue weighted by Crippen LogP contribution is 2.40. The summed E-state index contributed by atoms with van der Waals surface area (Å²) in [4.78, 5) is 37.0. The van der Waals surface area contributed by atoms with Gasteiger partial charge in [0.15, 0.2) is 0 Å². The van der Waals surface area contributed by atoms with Crippen LogP contribution in [0, 0.1) is 10.1 Å². The van der Waals surface area contributed by atoms with Crippen molar-refractivity contribution in [2.75, 3.05) is 13.7 Å². The van der Waals surface area contributed by atoms with Gasteiger partial charge in [-0.2, -0.15) is 0 Å². The first kappa shape index (κ1) is 25.1. The Morgan fingerprint density at radius 3 is 2.34 bits per heavy atom. The van der Waals surface area contributed by atoms with Crippen LogP contribution in [0.2, 0.25) is 0 Å². The van der Waals surface area contributed by atoms with Gasteiger partial charge in [-0.15, -0.1) is 0 Å². The van der Waals surface area contributed by atoms with E-state index in [0.717, 1.165) is 44.1 Å². The fourth-order valence-corrected chi connectivity index (χ4v) is 4.07. The number of nitro groups is 1. The molecule has 0 fully saturated rings. The number of unbranched alkanes of at least 4 members (excludes halogenated alkanes) is 4. The number of carboxylic acid groups (broad SMARTS) is 1. The average molecular weight is 445 g/mol. The van der Waals surface area contributed by atoms with Crippen LogP contribution >= 0.6 is 0 Å². The maximum absolute atomic E-state index is 12.7. The molecular formula is C24H32N2O6. The number of methoxy groups -OCH3 is 1. The van der Waals surface area contributed by atoms with Crippen molar-refractivity contribution in [3.63, 3.8) is 0 Å². The molecule has 0 atom stereocenters. The number of rotatable bonds is 11. The minimum atomic E-state index is -1.12. The van der Waals surface area contributed by atoms with E-state index in [4.69, 9.17) is 4.74 Å². The fourth-order valence-electron chi connectivity index (χ4n) is 4.07. The van der Waals surface area contributed by atoms with Gasteiger partial charge in [0.05, 0.1) is 24.2 Å². The molecule has 1 aliphatic heterocycles. The van der Waals surface area contributed by atoms with Gasteiger partial charge in [0.2, 0.25) is 0 Å². The second-order valence-corrected chi connectivity index (χ2v) is 7.86. The van der Waals surface area contributed by atoms with Crippen LogP contribution in [-0.4, -0.2) is 40.6 Å². The number of carbonyl (C=O) groups is 2. The van der Waals surface area contributed by atoms with Gasteiger partial charge in [-0.05, 0) is 42.4 Å². The molecule has 8 heteroatoms. The maximum atomic E-state index is 12.7. The molecule has 1 aromatic carbocycles. The number of allylic oxidation sites excluding steroid dienone is 3. The van der Waals surface area contributed by atoms with Crippen molar-refractivity contribution >= 4 is 23.3 Å². The second kappa shape index (κ2) is 12.0. The highest BCUT2D eigenvalue weighted by atomic mass is 16.6. The molecule has 2 rings (SSSR count). The molecule has 0 spiro atoms. The molecule has 1 heterocycles. The van der Waals surface area contributed by atoms with Crippen molar-refractivity contribution in [1.29, 1.82) is 0 Å². The smallest absolute Gasteiger partial charge is 0.411 e. The standard InChI is InChI=1S/C24H32N2O6/c1-4-6-8-13-19-21(14-9-7-5-2)25(24(28)29)16-20(23(27)32-3)22(19)17-11-10-12-18(15-17)26(30)31/h10-12,15H,4-9,13-14,16H2,1-3H3,(H,28,29). The summed E-state index contributed by atoms with van der Waals surface area (Å²) in [7, 11) is 1.25. The average Bonchev–Trinajstić information content (AvgIpc) is 2.78. The van der Waals surface area contributed by atoms with Gasteiger partial charge < -0.3 is 9.84 Å². The summed E-state index contributed by atoms with van der Waals surface area (Å²) in [6, 6.07) is 6.15. The molecule has 1 amide bonds. The van der Waals surface area contributed by atoms with E-state index in [2.05, 4.69) is 13.8 Å². The van der Waals surface area contributed by atoms with Crippen LogP contribution in [0.4, 0.5) is 10.5 Å². The summed E-state index contributed by atoms with van der Waals surface area (Å²) >= 11 is 0. The lowest BCUT2D eigenvalue weighted by atomic mass is 9.84. The Kier molecular flexibility index (Phi) is 9.43. The number of non-ortho nitro benzene ring substituents is 1. The predicted octanol–water partition coefficient (Wildman–Crippen LogP) is 5.93. The van der Waals surface area contributed by atoms with Gasteiger partial charge in [-0.25, -0.2) is 9.59 Å². The molecule has 1 N–H and O–H groups in total. The molecule has 0 radical (unpaired) electrons. The summed E-state index contributed by atoms with van der Waals surface area (Å²) in [5.41, 5.74) is 2.67. The second-order valence-electron chi connectivity index (χ2n) is 7.86. The Balaban J connectivity index is 2.76. The number of nitrogens with zero attached hydrogens (tertiary/aromatic N) is 2. The summed E-state index contributed by atoms with van der Waals surface area (Å²) in [6.07, 6.45) is 5.56. The zero-order chi connectivity index (χ0) is 23.7. The third-order valence-corrected chi connectivity index (χ3v) is 5.65. The SMILES string of the molecule is CCCCCC1=C(CCCCC)N(C(=O)O)CC(C(=O)OC)=C1c1cccc([N+](=O)[O-])c1. The third-order valence-electron chi connectivity index (χ3n) is 5.65. The van der Waals surface area contributed by atoms with Gasteiger partial charge in [0.25, 0.3) is 5.69 Å². The summed E-state index contributed by atoms with van der Waals surface area (Å²) in [6.45, 7) is 4.02. The minimum Gasteiger partial charge on any atom is -0.466 e. The molecule has 0 saturated heterocycles. The lowest BCUT2D eigenvalue weighted by Crippen LogP contribution is -2.37. The van der Waals surface area contributed by atoms with Crippen molar-refractivity contribution in [2.45, 2.75) is 65.2 Å². The van der Waals surface area contributed by atoms with Crippen LogP contribution in [0.3, 0.4) is 0 Å². The van der Waals surface area contributed by atoms with E-state index in [1.54, 1.807) is 12.1 Å². The predicted molar refractivity (Wildman–Crippen MR) is 122 cm³/mol. The summed E-state index contributed by atoms with van der Waals surface area (Å²) in [5, 5.41) is 21.3. The number of hydrogen-bond donors (Lipinski definition) is 1. The molecule has 1 aromatic rings. The number of benzene rings is 1. The summed E-state index contributed by atoms with van der Waals surface area (Å²) in [5.74, 6) is -0.627. The van der Waals surface area contributed by atoms with E-state index in [-0.39, 0.29) is 17.8 Å². The van der Waals surface area contributed by atoms with Crippen molar-refractivity contribution in [2.24, 2.45) is 0 Å². The van der Waals surface area contributed by atoms with E-state index in [1.165, 1.54) is 24.1 Å². The monoisotopic (exact) mass is 444 g/mol. The van der Waals surface area contributed by atoms with E-state index in [9.17, 15) is 24.8 Å². The van der Waals surface area contributed by atoms with Crippen molar-refractivity contribution in [3.05, 3.63) is 56.8 Å². The highest BCUT2D eigenvalue weighted by molar-refractivity contribution is 6.04. The first-order chi connectivity index (χ1) is 15.3. The molecular weight excluding hydrogens is 412 g/mol. The molecule has 0 aliphatic carbocycles. The lowest BCUT2D eigenvalue weighted by molar-refractivity contribution is -0.384. The number of ether oxygens (including phenoxy) is 1.